The zero-order valence-electron chi connectivity index (χ0n) is 17.4. The largest absolute Gasteiger partial charge is 0.493 e. The first-order valence-electron chi connectivity index (χ1n) is 10.1. The third-order valence-electron chi connectivity index (χ3n) is 5.54. The normalized spacial score (nSPS) is 18.2. The molecule has 0 N–H and O–H groups in total. The number of hydrogen-bond acceptors (Lipinski definition) is 8. The number of nitrogens with zero attached hydrogens (tertiary/aromatic N) is 3. The number of ether oxygens (including phenoxy) is 4. The van der Waals surface area contributed by atoms with Crippen LogP contribution in [0.25, 0.3) is 10.2 Å². The molecule has 162 valence electrons. The molecule has 0 saturated carbocycles. The molecule has 0 aliphatic carbocycles. The van der Waals surface area contributed by atoms with Crippen LogP contribution < -0.4 is 23.8 Å². The van der Waals surface area contributed by atoms with Gasteiger partial charge in [-0.1, -0.05) is 23.5 Å². The summed E-state index contributed by atoms with van der Waals surface area (Å²) < 4.78 is 23.5. The maximum Gasteiger partial charge on any atom is 0.267 e. The summed E-state index contributed by atoms with van der Waals surface area (Å²) in [5.74, 6) is 2.57. The van der Waals surface area contributed by atoms with Crippen molar-refractivity contribution in [2.24, 2.45) is 0 Å². The average Bonchev–Trinajstić information content (AvgIpc) is 3.27. The molecule has 31 heavy (non-hydrogen) atoms. The summed E-state index contributed by atoms with van der Waals surface area (Å²) in [6.45, 7) is 2.85. The van der Waals surface area contributed by atoms with Crippen LogP contribution in [0.15, 0.2) is 36.4 Å². The number of hydrogen-bond donors (Lipinski definition) is 0. The van der Waals surface area contributed by atoms with E-state index in [1.807, 2.05) is 41.3 Å². The molecule has 9 heteroatoms. The van der Waals surface area contributed by atoms with Gasteiger partial charge in [0.1, 0.15) is 12.1 Å². The van der Waals surface area contributed by atoms with E-state index in [9.17, 15) is 4.79 Å². The molecule has 3 aromatic rings. The molecule has 5 rings (SSSR count). The smallest absolute Gasteiger partial charge is 0.267 e. The van der Waals surface area contributed by atoms with Gasteiger partial charge in [0.25, 0.3) is 5.91 Å². The maximum atomic E-state index is 13.0. The highest BCUT2D eigenvalue weighted by molar-refractivity contribution is 7.22. The molecule has 0 radical (unpaired) electrons. The van der Waals surface area contributed by atoms with Crippen LogP contribution in [0.5, 0.6) is 23.0 Å². The van der Waals surface area contributed by atoms with Gasteiger partial charge in [0.05, 0.1) is 18.9 Å². The molecule has 0 spiro atoms. The zero-order chi connectivity index (χ0) is 21.4. The van der Waals surface area contributed by atoms with Gasteiger partial charge in [-0.15, -0.1) is 0 Å². The fraction of sp³-hybridized carbons (Fsp3) is 0.364. The number of aromatic nitrogens is 1. The molecule has 1 fully saturated rings. The van der Waals surface area contributed by atoms with Crippen LogP contribution in [0.2, 0.25) is 0 Å². The summed E-state index contributed by atoms with van der Waals surface area (Å²) in [6.07, 6.45) is -0.611. The van der Waals surface area contributed by atoms with Crippen molar-refractivity contribution in [2.75, 3.05) is 51.9 Å². The van der Waals surface area contributed by atoms with E-state index in [4.69, 9.17) is 23.9 Å². The van der Waals surface area contributed by atoms with Crippen LogP contribution in [0, 0.1) is 0 Å². The van der Waals surface area contributed by atoms with E-state index in [-0.39, 0.29) is 12.5 Å². The highest BCUT2D eigenvalue weighted by Crippen LogP contribution is 2.40. The number of piperazine rings is 1. The number of benzene rings is 2. The van der Waals surface area contributed by atoms with E-state index < -0.39 is 6.10 Å². The molecule has 3 heterocycles. The number of rotatable bonds is 4. The lowest BCUT2D eigenvalue weighted by atomic mass is 10.2. The summed E-state index contributed by atoms with van der Waals surface area (Å²) in [7, 11) is 3.24. The minimum Gasteiger partial charge on any atom is -0.493 e. The SMILES string of the molecule is COc1ccc2sc(N3CCN(C(=O)C4COc5ccccc5O4)CC3)nc2c1OC. The van der Waals surface area contributed by atoms with Crippen LogP contribution in [-0.2, 0) is 4.79 Å². The number of amides is 1. The Hall–Kier alpha value is -3.20. The molecule has 1 atom stereocenters. The van der Waals surface area contributed by atoms with Crippen molar-refractivity contribution in [3.63, 3.8) is 0 Å². The maximum absolute atomic E-state index is 13.0. The van der Waals surface area contributed by atoms with Gasteiger partial charge in [0.2, 0.25) is 6.10 Å². The average molecular weight is 442 g/mol. The lowest BCUT2D eigenvalue weighted by Gasteiger charge is -2.37. The fourth-order valence-corrected chi connectivity index (χ4v) is 4.91. The van der Waals surface area contributed by atoms with Crippen molar-refractivity contribution in [1.29, 1.82) is 0 Å². The van der Waals surface area contributed by atoms with Gasteiger partial charge in [0.15, 0.2) is 28.1 Å². The Morgan fingerprint density at radius 1 is 1.06 bits per heavy atom. The Kier molecular flexibility index (Phi) is 5.19. The van der Waals surface area contributed by atoms with Crippen LogP contribution in [0.3, 0.4) is 0 Å². The summed E-state index contributed by atoms with van der Waals surface area (Å²) in [4.78, 5) is 21.8. The summed E-state index contributed by atoms with van der Waals surface area (Å²) in [5.41, 5.74) is 0.798. The van der Waals surface area contributed by atoms with Crippen molar-refractivity contribution in [3.05, 3.63) is 36.4 Å². The number of para-hydroxylation sites is 2. The second-order valence-corrected chi connectivity index (χ2v) is 8.33. The zero-order valence-corrected chi connectivity index (χ0v) is 18.2. The van der Waals surface area contributed by atoms with Gasteiger partial charge < -0.3 is 28.7 Å². The molecule has 1 saturated heterocycles. The summed E-state index contributed by atoms with van der Waals surface area (Å²) >= 11 is 1.61. The van der Waals surface area contributed by atoms with Crippen LogP contribution in [-0.4, -0.2) is 68.9 Å². The molecule has 1 unspecified atom stereocenters. The lowest BCUT2D eigenvalue weighted by Crippen LogP contribution is -2.54. The van der Waals surface area contributed by atoms with Gasteiger partial charge >= 0.3 is 0 Å². The Morgan fingerprint density at radius 3 is 2.58 bits per heavy atom. The second kappa shape index (κ2) is 8.14. The van der Waals surface area contributed by atoms with Gasteiger partial charge in [-0.05, 0) is 24.3 Å². The highest BCUT2D eigenvalue weighted by atomic mass is 32.1. The molecule has 2 aromatic carbocycles. The predicted octanol–water partition coefficient (Wildman–Crippen LogP) is 2.80. The van der Waals surface area contributed by atoms with E-state index in [2.05, 4.69) is 4.90 Å². The fourth-order valence-electron chi connectivity index (χ4n) is 3.90. The first-order valence-corrected chi connectivity index (χ1v) is 10.9. The quantitative estimate of drug-likeness (QED) is 0.616. The molecule has 8 nitrogen and oxygen atoms in total. The van der Waals surface area contributed by atoms with E-state index in [0.717, 1.165) is 15.3 Å². The van der Waals surface area contributed by atoms with Crippen molar-refractivity contribution >= 4 is 32.6 Å². The minimum atomic E-state index is -0.611. The van der Waals surface area contributed by atoms with Gasteiger partial charge in [-0.2, -0.15) is 0 Å². The minimum absolute atomic E-state index is 0.0372. The van der Waals surface area contributed by atoms with E-state index in [1.165, 1.54) is 0 Å². The first kappa shape index (κ1) is 19.7. The van der Waals surface area contributed by atoms with Crippen LogP contribution in [0.1, 0.15) is 0 Å². The molecular weight excluding hydrogens is 418 g/mol. The molecule has 1 amide bonds. The molecular formula is C22H23N3O5S. The number of carbonyl (C=O) groups excluding carboxylic acids is 1. The monoisotopic (exact) mass is 441 g/mol. The topological polar surface area (TPSA) is 73.4 Å². The van der Waals surface area contributed by atoms with E-state index >= 15 is 0 Å². The Labute approximate surface area is 183 Å². The van der Waals surface area contributed by atoms with Gasteiger partial charge in [0, 0.05) is 26.2 Å². The van der Waals surface area contributed by atoms with Crippen molar-refractivity contribution in [2.45, 2.75) is 6.10 Å². The Balaban J connectivity index is 1.26. The predicted molar refractivity (Wildman–Crippen MR) is 118 cm³/mol. The highest BCUT2D eigenvalue weighted by Gasteiger charge is 2.33. The number of fused-ring (bicyclic) bond motifs is 2. The van der Waals surface area contributed by atoms with Crippen LogP contribution in [0.4, 0.5) is 5.13 Å². The second-order valence-electron chi connectivity index (χ2n) is 7.32. The van der Waals surface area contributed by atoms with Crippen molar-refractivity contribution in [1.82, 2.24) is 9.88 Å². The standard InChI is InChI=1S/C22H23N3O5S/c1-27-16-7-8-18-19(20(16)28-2)23-22(31-18)25-11-9-24(10-12-25)21(26)17-13-29-14-5-3-4-6-15(14)30-17/h3-8,17H,9-13H2,1-2H3. The van der Waals surface area contributed by atoms with Crippen molar-refractivity contribution in [3.8, 4) is 23.0 Å². The van der Waals surface area contributed by atoms with Gasteiger partial charge in [-0.3, -0.25) is 4.79 Å². The lowest BCUT2D eigenvalue weighted by molar-refractivity contribution is -0.141. The third kappa shape index (κ3) is 3.59. The third-order valence-corrected chi connectivity index (χ3v) is 6.62. The molecule has 1 aromatic heterocycles. The number of methoxy groups -OCH3 is 2. The Morgan fingerprint density at radius 2 is 1.84 bits per heavy atom. The van der Waals surface area contributed by atoms with E-state index in [0.29, 0.717) is 49.2 Å². The van der Waals surface area contributed by atoms with Crippen LogP contribution >= 0.6 is 11.3 Å². The molecule has 0 bridgehead atoms. The number of anilines is 1. The Bertz CT molecular complexity index is 1110. The number of carbonyl (C=O) groups is 1. The summed E-state index contributed by atoms with van der Waals surface area (Å²) in [6, 6.07) is 11.3. The van der Waals surface area contributed by atoms with Gasteiger partial charge in [-0.25, -0.2) is 4.98 Å². The molecule has 2 aliphatic heterocycles. The number of thiazole rings is 1. The summed E-state index contributed by atoms with van der Waals surface area (Å²) in [5, 5.41) is 0.917. The molecule has 2 aliphatic rings. The van der Waals surface area contributed by atoms with Crippen molar-refractivity contribution < 1.29 is 23.7 Å². The van der Waals surface area contributed by atoms with E-state index in [1.54, 1.807) is 25.6 Å². The first-order chi connectivity index (χ1) is 15.2.